The van der Waals surface area contributed by atoms with E-state index in [0.29, 0.717) is 26.3 Å². The predicted molar refractivity (Wildman–Crippen MR) is 113 cm³/mol. The number of pyridine rings is 1. The quantitative estimate of drug-likeness (QED) is 0.770. The van der Waals surface area contributed by atoms with Crippen LogP contribution >= 0.6 is 0 Å². The molecule has 0 bridgehead atoms. The van der Waals surface area contributed by atoms with Crippen LogP contribution in [0.25, 0.3) is 11.6 Å². The third-order valence-electron chi connectivity index (χ3n) is 6.22. The van der Waals surface area contributed by atoms with Gasteiger partial charge in [-0.3, -0.25) is 9.67 Å². The van der Waals surface area contributed by atoms with Crippen LogP contribution < -0.4 is 4.90 Å². The number of allylic oxidation sites excluding steroid dienone is 1. The number of amides is 1. The zero-order chi connectivity index (χ0) is 20.7. The molecule has 0 N–H and O–H groups in total. The zero-order valence-corrected chi connectivity index (χ0v) is 17.5. The summed E-state index contributed by atoms with van der Waals surface area (Å²) >= 11 is 0. The van der Waals surface area contributed by atoms with E-state index in [0.717, 1.165) is 31.6 Å². The average Bonchev–Trinajstić information content (AvgIpc) is 3.33. The van der Waals surface area contributed by atoms with E-state index in [-0.39, 0.29) is 12.2 Å². The molecule has 1 amide bonds. The van der Waals surface area contributed by atoms with Crippen molar-refractivity contribution in [3.05, 3.63) is 41.0 Å². The number of piperazine rings is 1. The van der Waals surface area contributed by atoms with Gasteiger partial charge in [-0.15, -0.1) is 0 Å². The largest absolute Gasteiger partial charge is 0.441 e. The lowest BCUT2D eigenvalue weighted by atomic mass is 10.0. The van der Waals surface area contributed by atoms with E-state index in [9.17, 15) is 4.79 Å². The Kier molecular flexibility index (Phi) is 4.94. The summed E-state index contributed by atoms with van der Waals surface area (Å²) < 4.78 is 12.5. The summed E-state index contributed by atoms with van der Waals surface area (Å²) in [5.74, 6) is 0. The van der Waals surface area contributed by atoms with E-state index in [4.69, 9.17) is 9.47 Å². The molecule has 8 heteroatoms. The summed E-state index contributed by atoms with van der Waals surface area (Å²) in [4.78, 5) is 21.1. The van der Waals surface area contributed by atoms with Crippen molar-refractivity contribution in [2.75, 3.05) is 44.3 Å². The van der Waals surface area contributed by atoms with E-state index >= 15 is 0 Å². The molecule has 30 heavy (non-hydrogen) atoms. The topological polar surface area (TPSA) is 72.7 Å². The number of aromatic nitrogens is 3. The second-order valence-corrected chi connectivity index (χ2v) is 8.04. The first-order valence-corrected chi connectivity index (χ1v) is 10.6. The molecule has 2 aliphatic heterocycles. The molecule has 0 unspecified atom stereocenters. The van der Waals surface area contributed by atoms with Gasteiger partial charge in [0.2, 0.25) is 0 Å². The number of aryl methyl sites for hydroxylation is 1. The molecule has 0 spiro atoms. The van der Waals surface area contributed by atoms with Crippen LogP contribution in [-0.2, 0) is 29.4 Å². The van der Waals surface area contributed by atoms with E-state index in [1.165, 1.54) is 28.1 Å². The third-order valence-corrected chi connectivity index (χ3v) is 6.22. The Morgan fingerprint density at radius 3 is 2.77 bits per heavy atom. The number of rotatable bonds is 4. The Labute approximate surface area is 176 Å². The van der Waals surface area contributed by atoms with Gasteiger partial charge in [0.15, 0.2) is 6.10 Å². The Morgan fingerprint density at radius 1 is 1.27 bits per heavy atom. The number of fused-ring (bicyclic) bond motifs is 1. The number of carbonyl (C=O) groups is 1. The van der Waals surface area contributed by atoms with Gasteiger partial charge in [0, 0.05) is 68.4 Å². The number of anilines is 1. The molecule has 3 aliphatic rings. The van der Waals surface area contributed by atoms with E-state index in [1.807, 2.05) is 24.1 Å². The highest BCUT2D eigenvalue weighted by Gasteiger charge is 2.29. The van der Waals surface area contributed by atoms with Crippen LogP contribution in [0.2, 0.25) is 0 Å². The van der Waals surface area contributed by atoms with Gasteiger partial charge in [0.05, 0.1) is 25.1 Å². The number of nitrogens with zero attached hydrogens (tertiary/aromatic N) is 5. The normalized spacial score (nSPS) is 18.8. The molecule has 158 valence electrons. The summed E-state index contributed by atoms with van der Waals surface area (Å²) in [6.45, 7) is 6.06. The number of hydrogen-bond acceptors (Lipinski definition) is 6. The second kappa shape index (κ2) is 7.75. The van der Waals surface area contributed by atoms with Gasteiger partial charge in [-0.25, -0.2) is 4.79 Å². The monoisotopic (exact) mass is 409 g/mol. The number of ether oxygens (including phenoxy) is 2. The number of hydrogen-bond donors (Lipinski definition) is 0. The van der Waals surface area contributed by atoms with Crippen LogP contribution in [0.5, 0.6) is 0 Å². The van der Waals surface area contributed by atoms with Gasteiger partial charge in [-0.2, -0.15) is 5.10 Å². The summed E-state index contributed by atoms with van der Waals surface area (Å²) in [7, 11) is 2.00. The molecule has 2 aromatic heterocycles. The maximum atomic E-state index is 12.3. The molecule has 2 aromatic rings. The second-order valence-electron chi connectivity index (χ2n) is 8.04. The summed E-state index contributed by atoms with van der Waals surface area (Å²) in [6, 6.07) is 2.09. The lowest BCUT2D eigenvalue weighted by Gasteiger charge is -2.37. The molecular formula is C22H27N5O3. The molecule has 0 radical (unpaired) electrons. The molecule has 0 atom stereocenters. The number of carbonyl (C=O) groups excluding carboxylic acids is 1. The van der Waals surface area contributed by atoms with Crippen molar-refractivity contribution in [3.8, 4) is 0 Å². The van der Waals surface area contributed by atoms with Gasteiger partial charge in [-0.05, 0) is 24.1 Å². The van der Waals surface area contributed by atoms with Gasteiger partial charge < -0.3 is 19.3 Å². The molecule has 0 saturated carbocycles. The minimum absolute atomic E-state index is 0.0805. The zero-order valence-electron chi connectivity index (χ0n) is 17.5. The Morgan fingerprint density at radius 2 is 2.07 bits per heavy atom. The molecular weight excluding hydrogens is 382 g/mol. The van der Waals surface area contributed by atoms with Gasteiger partial charge in [-0.1, -0.05) is 6.92 Å². The predicted octanol–water partition coefficient (Wildman–Crippen LogP) is 2.13. The molecule has 8 nitrogen and oxygen atoms in total. The lowest BCUT2D eigenvalue weighted by Crippen LogP contribution is -2.51. The van der Waals surface area contributed by atoms with Gasteiger partial charge >= 0.3 is 6.09 Å². The van der Waals surface area contributed by atoms with Crippen LogP contribution in [0, 0.1) is 0 Å². The van der Waals surface area contributed by atoms with E-state index in [1.54, 1.807) is 4.90 Å². The highest BCUT2D eigenvalue weighted by atomic mass is 16.6. The van der Waals surface area contributed by atoms with Crippen molar-refractivity contribution in [1.82, 2.24) is 19.7 Å². The first-order chi connectivity index (χ1) is 14.6. The van der Waals surface area contributed by atoms with Crippen molar-refractivity contribution >= 4 is 23.4 Å². The minimum atomic E-state index is -0.228. The van der Waals surface area contributed by atoms with Crippen molar-refractivity contribution in [1.29, 1.82) is 0 Å². The Balaban J connectivity index is 1.31. The van der Waals surface area contributed by atoms with Crippen LogP contribution in [0.15, 0.2) is 18.5 Å². The maximum Gasteiger partial charge on any atom is 0.410 e. The van der Waals surface area contributed by atoms with Crippen LogP contribution in [0.1, 0.15) is 29.4 Å². The molecule has 2 fully saturated rings. The Hall–Kier alpha value is -2.87. The molecule has 5 rings (SSSR count). The minimum Gasteiger partial charge on any atom is -0.441 e. The molecule has 4 heterocycles. The third kappa shape index (κ3) is 3.35. The lowest BCUT2D eigenvalue weighted by molar-refractivity contribution is -0.104. The van der Waals surface area contributed by atoms with Crippen molar-refractivity contribution in [2.45, 2.75) is 25.9 Å². The SMILES string of the molecule is CCc1c(C2=Cc3c(N4CCN(C(=O)OC5COC5)CC4)ccnc3C2)cnn1C. The fourth-order valence-corrected chi connectivity index (χ4v) is 4.44. The van der Waals surface area contributed by atoms with E-state index in [2.05, 4.69) is 34.0 Å². The molecule has 2 saturated heterocycles. The van der Waals surface area contributed by atoms with Gasteiger partial charge in [0.1, 0.15) is 0 Å². The molecule has 0 aromatic carbocycles. The van der Waals surface area contributed by atoms with Crippen molar-refractivity contribution < 1.29 is 14.3 Å². The van der Waals surface area contributed by atoms with Crippen LogP contribution in [-0.4, -0.2) is 71.3 Å². The first-order valence-electron chi connectivity index (χ1n) is 10.6. The fourth-order valence-electron chi connectivity index (χ4n) is 4.44. The highest BCUT2D eigenvalue weighted by Crippen LogP contribution is 2.37. The van der Waals surface area contributed by atoms with E-state index < -0.39 is 0 Å². The smallest absolute Gasteiger partial charge is 0.410 e. The Bertz CT molecular complexity index is 987. The summed E-state index contributed by atoms with van der Waals surface area (Å²) in [6.07, 6.45) is 7.60. The van der Waals surface area contributed by atoms with Crippen molar-refractivity contribution in [2.24, 2.45) is 7.05 Å². The maximum absolute atomic E-state index is 12.3. The van der Waals surface area contributed by atoms with Gasteiger partial charge in [0.25, 0.3) is 0 Å². The van der Waals surface area contributed by atoms with Crippen LogP contribution in [0.3, 0.4) is 0 Å². The summed E-state index contributed by atoms with van der Waals surface area (Å²) in [5.41, 5.74) is 7.24. The molecule has 1 aliphatic carbocycles. The van der Waals surface area contributed by atoms with Crippen molar-refractivity contribution in [3.63, 3.8) is 0 Å². The average molecular weight is 409 g/mol. The van der Waals surface area contributed by atoms with Crippen LogP contribution in [0.4, 0.5) is 10.5 Å². The standard InChI is InChI=1S/C22H27N5O3/c1-3-20-18(12-24-25(20)2)15-10-17-19(11-15)23-5-4-21(17)26-6-8-27(9-7-26)22(28)30-16-13-29-14-16/h4-5,10,12,16H,3,6-9,11,13-14H2,1-2H3. The highest BCUT2D eigenvalue weighted by molar-refractivity contribution is 5.92. The first kappa shape index (κ1) is 19.1. The fraction of sp³-hybridized carbons (Fsp3) is 0.500. The summed E-state index contributed by atoms with van der Waals surface area (Å²) in [5, 5.41) is 4.45.